The Morgan fingerprint density at radius 3 is 2.42 bits per heavy atom. The van der Waals surface area contributed by atoms with Crippen molar-refractivity contribution in [2.75, 3.05) is 46.4 Å². The maximum absolute atomic E-state index is 8.63. The Bertz CT molecular complexity index is 114. The Balaban J connectivity index is 2.09. The summed E-state index contributed by atoms with van der Waals surface area (Å²) in [6, 6.07) is 0. The van der Waals surface area contributed by atoms with Crippen molar-refractivity contribution in [2.24, 2.45) is 0 Å². The maximum Gasteiger partial charge on any atom is 0.0575 e. The summed E-state index contributed by atoms with van der Waals surface area (Å²) in [4.78, 5) is 7.45. The molecule has 4 nitrogen and oxygen atoms in total. The fraction of sp³-hybridized carbons (Fsp3) is 1.00. The second-order valence-electron chi connectivity index (χ2n) is 3.03. The lowest BCUT2D eigenvalue weighted by Gasteiger charge is -2.32. The van der Waals surface area contributed by atoms with Gasteiger partial charge in [0.2, 0.25) is 0 Å². The third-order valence-corrected chi connectivity index (χ3v) is 2.22. The van der Waals surface area contributed by atoms with Crippen LogP contribution in [-0.4, -0.2) is 61.5 Å². The third kappa shape index (κ3) is 3.06. The van der Waals surface area contributed by atoms with E-state index in [1.54, 1.807) is 7.11 Å². The zero-order valence-corrected chi connectivity index (χ0v) is 7.70. The van der Waals surface area contributed by atoms with Gasteiger partial charge in [-0.3, -0.25) is 0 Å². The summed E-state index contributed by atoms with van der Waals surface area (Å²) in [5.41, 5.74) is 0. The molecule has 0 bridgehead atoms. The summed E-state index contributed by atoms with van der Waals surface area (Å²) in [5.74, 6) is 0. The molecule has 1 fully saturated rings. The molecule has 0 unspecified atom stereocenters. The lowest BCUT2D eigenvalue weighted by molar-refractivity contribution is -0.151. The largest absolute Gasteiger partial charge is 0.396 e. The molecule has 0 aromatic carbocycles. The molecule has 72 valence electrons. The highest BCUT2D eigenvalue weighted by atomic mass is 16.7. The van der Waals surface area contributed by atoms with Crippen LogP contribution in [0.5, 0.6) is 0 Å². The second-order valence-corrected chi connectivity index (χ2v) is 3.03. The molecule has 0 saturated carbocycles. The van der Waals surface area contributed by atoms with Crippen LogP contribution in [0.4, 0.5) is 0 Å². The quantitative estimate of drug-likeness (QED) is 0.626. The van der Waals surface area contributed by atoms with Crippen molar-refractivity contribution < 1.29 is 9.94 Å². The fourth-order valence-electron chi connectivity index (χ4n) is 1.43. The molecular weight excluding hydrogens is 156 g/mol. The predicted molar refractivity (Wildman–Crippen MR) is 46.7 cm³/mol. The molecule has 0 aromatic rings. The van der Waals surface area contributed by atoms with Crippen molar-refractivity contribution in [2.45, 2.75) is 6.42 Å². The molecule has 1 aliphatic rings. The zero-order valence-electron chi connectivity index (χ0n) is 7.70. The topological polar surface area (TPSA) is 35.9 Å². The van der Waals surface area contributed by atoms with Gasteiger partial charge in [-0.25, -0.2) is 0 Å². The van der Waals surface area contributed by atoms with Crippen LogP contribution in [0.1, 0.15) is 6.42 Å². The summed E-state index contributed by atoms with van der Waals surface area (Å²) in [6.07, 6.45) is 0.882. The Kier molecular flexibility index (Phi) is 4.53. The maximum atomic E-state index is 8.63. The highest BCUT2D eigenvalue weighted by Gasteiger charge is 2.15. The highest BCUT2D eigenvalue weighted by molar-refractivity contribution is 4.66. The van der Waals surface area contributed by atoms with E-state index < -0.39 is 0 Å². The zero-order chi connectivity index (χ0) is 8.81. The van der Waals surface area contributed by atoms with E-state index >= 15 is 0 Å². The molecule has 0 spiro atoms. The first-order valence-corrected chi connectivity index (χ1v) is 4.49. The van der Waals surface area contributed by atoms with Gasteiger partial charge in [0.1, 0.15) is 0 Å². The second kappa shape index (κ2) is 5.48. The Hall–Kier alpha value is -0.160. The van der Waals surface area contributed by atoms with Crippen LogP contribution in [0.15, 0.2) is 0 Å². The smallest absolute Gasteiger partial charge is 0.0575 e. The summed E-state index contributed by atoms with van der Waals surface area (Å²) in [6.45, 7) is 5.35. The minimum absolute atomic E-state index is 0.296. The molecule has 1 heterocycles. The third-order valence-electron chi connectivity index (χ3n) is 2.22. The van der Waals surface area contributed by atoms with Gasteiger partial charge in [0.05, 0.1) is 7.11 Å². The lowest BCUT2D eigenvalue weighted by Crippen LogP contribution is -2.46. The molecule has 1 aliphatic heterocycles. The van der Waals surface area contributed by atoms with Gasteiger partial charge >= 0.3 is 0 Å². The van der Waals surface area contributed by atoms with E-state index in [0.29, 0.717) is 6.61 Å². The van der Waals surface area contributed by atoms with Crippen LogP contribution in [0, 0.1) is 0 Å². The van der Waals surface area contributed by atoms with Crippen molar-refractivity contribution in [3.63, 3.8) is 0 Å². The van der Waals surface area contributed by atoms with E-state index in [0.717, 1.165) is 39.1 Å². The molecule has 0 atom stereocenters. The monoisotopic (exact) mass is 174 g/mol. The number of hydrogen-bond acceptors (Lipinski definition) is 4. The van der Waals surface area contributed by atoms with Gasteiger partial charge in [0.25, 0.3) is 0 Å². The molecule has 0 radical (unpaired) electrons. The standard InChI is InChI=1S/C8H18N2O2/c1-12-10-6-4-9(5-7-10)3-2-8-11/h11H,2-8H2,1H3. The molecule has 1 saturated heterocycles. The average molecular weight is 174 g/mol. The summed E-state index contributed by atoms with van der Waals surface area (Å²) in [5, 5.41) is 10.6. The molecule has 0 aliphatic carbocycles. The summed E-state index contributed by atoms with van der Waals surface area (Å²) >= 11 is 0. The van der Waals surface area contributed by atoms with Gasteiger partial charge < -0.3 is 14.8 Å². The normalized spacial score (nSPS) is 21.5. The number of nitrogens with zero attached hydrogens (tertiary/aromatic N) is 2. The van der Waals surface area contributed by atoms with Crippen LogP contribution in [0.3, 0.4) is 0 Å². The van der Waals surface area contributed by atoms with Crippen LogP contribution in [0.25, 0.3) is 0 Å². The minimum Gasteiger partial charge on any atom is -0.396 e. The van der Waals surface area contributed by atoms with E-state index in [1.165, 1.54) is 0 Å². The number of rotatable bonds is 4. The van der Waals surface area contributed by atoms with Crippen molar-refractivity contribution in [1.82, 2.24) is 9.96 Å². The van der Waals surface area contributed by atoms with Gasteiger partial charge in [-0.05, 0) is 6.42 Å². The average Bonchev–Trinajstić information content (AvgIpc) is 2.15. The van der Waals surface area contributed by atoms with E-state index in [1.807, 2.05) is 5.06 Å². The van der Waals surface area contributed by atoms with E-state index in [9.17, 15) is 0 Å². The molecule has 4 heteroatoms. The number of piperazine rings is 1. The summed E-state index contributed by atoms with van der Waals surface area (Å²) in [7, 11) is 1.71. The van der Waals surface area contributed by atoms with Gasteiger partial charge in [0, 0.05) is 39.3 Å². The first kappa shape index (κ1) is 9.92. The van der Waals surface area contributed by atoms with Crippen molar-refractivity contribution in [3.8, 4) is 0 Å². The highest BCUT2D eigenvalue weighted by Crippen LogP contribution is 2.01. The van der Waals surface area contributed by atoms with Gasteiger partial charge in [-0.15, -0.1) is 0 Å². The SMILES string of the molecule is CON1CCN(CCCO)CC1. The molecule has 0 amide bonds. The number of hydrogen-bond donors (Lipinski definition) is 1. The predicted octanol–water partition coefficient (Wildman–Crippen LogP) is -0.452. The van der Waals surface area contributed by atoms with Crippen LogP contribution >= 0.6 is 0 Å². The van der Waals surface area contributed by atoms with Crippen LogP contribution in [0.2, 0.25) is 0 Å². The van der Waals surface area contributed by atoms with Crippen LogP contribution < -0.4 is 0 Å². The van der Waals surface area contributed by atoms with Gasteiger partial charge in [-0.1, -0.05) is 0 Å². The Morgan fingerprint density at radius 2 is 1.92 bits per heavy atom. The first-order valence-electron chi connectivity index (χ1n) is 4.49. The Labute approximate surface area is 73.7 Å². The minimum atomic E-state index is 0.296. The number of aliphatic hydroxyl groups excluding tert-OH is 1. The lowest BCUT2D eigenvalue weighted by atomic mass is 10.3. The number of hydroxylamine groups is 2. The van der Waals surface area contributed by atoms with E-state index in [2.05, 4.69) is 4.90 Å². The number of aliphatic hydroxyl groups is 1. The molecular formula is C8H18N2O2. The van der Waals surface area contributed by atoms with Crippen molar-refractivity contribution >= 4 is 0 Å². The molecule has 1 rings (SSSR count). The molecule has 12 heavy (non-hydrogen) atoms. The fourth-order valence-corrected chi connectivity index (χ4v) is 1.43. The van der Waals surface area contributed by atoms with Gasteiger partial charge in [0.15, 0.2) is 0 Å². The molecule has 0 aromatic heterocycles. The summed E-state index contributed by atoms with van der Waals surface area (Å²) < 4.78 is 0. The van der Waals surface area contributed by atoms with E-state index in [4.69, 9.17) is 9.94 Å². The first-order chi connectivity index (χ1) is 5.86. The van der Waals surface area contributed by atoms with Gasteiger partial charge in [-0.2, -0.15) is 5.06 Å². The van der Waals surface area contributed by atoms with Crippen LogP contribution in [-0.2, 0) is 4.84 Å². The van der Waals surface area contributed by atoms with Crippen molar-refractivity contribution in [3.05, 3.63) is 0 Å². The Morgan fingerprint density at radius 1 is 1.25 bits per heavy atom. The van der Waals surface area contributed by atoms with E-state index in [-0.39, 0.29) is 0 Å². The van der Waals surface area contributed by atoms with Crippen molar-refractivity contribution in [1.29, 1.82) is 0 Å². The molecule has 1 N–H and O–H groups in total.